The summed E-state index contributed by atoms with van der Waals surface area (Å²) < 4.78 is 0. The molecule has 0 aliphatic rings. The summed E-state index contributed by atoms with van der Waals surface area (Å²) in [6, 6.07) is 12.7. The van der Waals surface area contributed by atoms with Gasteiger partial charge in [0, 0.05) is 19.2 Å². The van der Waals surface area contributed by atoms with Gasteiger partial charge >= 0.3 is 0 Å². The smallest absolute Gasteiger partial charge is 0.132 e. The largest absolute Gasteiger partial charge is 0.373 e. The first-order valence-electron chi connectivity index (χ1n) is 6.51. The molecule has 1 aromatic heterocycles. The second kappa shape index (κ2) is 6.18. The van der Waals surface area contributed by atoms with Crippen LogP contribution in [-0.2, 0) is 6.42 Å². The van der Waals surface area contributed by atoms with Gasteiger partial charge in [0.15, 0.2) is 0 Å². The zero-order valence-electron chi connectivity index (χ0n) is 11.6. The summed E-state index contributed by atoms with van der Waals surface area (Å²) in [4.78, 5) is 8.68. The molecule has 0 aliphatic heterocycles. The molecular weight excluding hydrogens is 236 g/mol. The molecule has 1 heterocycles. The Kier molecular flexibility index (Phi) is 4.34. The minimum Gasteiger partial charge on any atom is -0.373 e. The SMILES string of the molecule is CNc1cc(NC(C)Cc2ccccc2)nc(C)n1. The van der Waals surface area contributed by atoms with Crippen LogP contribution in [0.2, 0.25) is 0 Å². The lowest BCUT2D eigenvalue weighted by atomic mass is 10.1. The molecule has 0 bridgehead atoms. The number of hydrogen-bond acceptors (Lipinski definition) is 4. The van der Waals surface area contributed by atoms with E-state index in [2.05, 4.69) is 51.8 Å². The third-order valence-corrected chi connectivity index (χ3v) is 2.87. The van der Waals surface area contributed by atoms with Crippen LogP contribution in [0.1, 0.15) is 18.3 Å². The van der Waals surface area contributed by atoms with E-state index in [0.29, 0.717) is 6.04 Å². The average Bonchev–Trinajstić information content (AvgIpc) is 2.38. The van der Waals surface area contributed by atoms with E-state index in [4.69, 9.17) is 0 Å². The van der Waals surface area contributed by atoms with Gasteiger partial charge in [-0.3, -0.25) is 0 Å². The second-order valence-electron chi connectivity index (χ2n) is 4.67. The molecule has 0 aliphatic carbocycles. The molecule has 2 aromatic rings. The maximum atomic E-state index is 4.40. The summed E-state index contributed by atoms with van der Waals surface area (Å²) in [6.07, 6.45) is 0.971. The van der Waals surface area contributed by atoms with Crippen LogP contribution in [0.5, 0.6) is 0 Å². The van der Waals surface area contributed by atoms with Gasteiger partial charge in [0.05, 0.1) is 0 Å². The Morgan fingerprint density at radius 3 is 2.47 bits per heavy atom. The number of nitrogens with one attached hydrogen (secondary N) is 2. The quantitative estimate of drug-likeness (QED) is 0.863. The van der Waals surface area contributed by atoms with E-state index in [9.17, 15) is 0 Å². The van der Waals surface area contributed by atoms with Crippen LogP contribution in [-0.4, -0.2) is 23.1 Å². The standard InChI is InChI=1S/C15H20N4/c1-11(9-13-7-5-4-6-8-13)17-15-10-14(16-3)18-12(2)19-15/h4-8,10-11H,9H2,1-3H3,(H2,16,17,18,19). The fraction of sp³-hybridized carbons (Fsp3) is 0.333. The van der Waals surface area contributed by atoms with Gasteiger partial charge in [-0.25, -0.2) is 9.97 Å². The van der Waals surface area contributed by atoms with E-state index < -0.39 is 0 Å². The van der Waals surface area contributed by atoms with Crippen LogP contribution < -0.4 is 10.6 Å². The number of benzene rings is 1. The van der Waals surface area contributed by atoms with E-state index in [1.54, 1.807) is 0 Å². The summed E-state index contributed by atoms with van der Waals surface area (Å²) in [5.74, 6) is 2.46. The lowest BCUT2D eigenvalue weighted by Crippen LogP contribution is -2.19. The molecular formula is C15H20N4. The zero-order chi connectivity index (χ0) is 13.7. The minimum atomic E-state index is 0.321. The van der Waals surface area contributed by atoms with Crippen LogP contribution in [0.25, 0.3) is 0 Å². The van der Waals surface area contributed by atoms with Crippen molar-refractivity contribution in [2.24, 2.45) is 0 Å². The van der Waals surface area contributed by atoms with Crippen molar-refractivity contribution in [3.8, 4) is 0 Å². The maximum Gasteiger partial charge on any atom is 0.132 e. The van der Waals surface area contributed by atoms with Crippen LogP contribution in [0.15, 0.2) is 36.4 Å². The van der Waals surface area contributed by atoms with Crippen molar-refractivity contribution in [1.82, 2.24) is 9.97 Å². The Morgan fingerprint density at radius 2 is 1.79 bits per heavy atom. The van der Waals surface area contributed by atoms with Crippen molar-refractivity contribution >= 4 is 11.6 Å². The molecule has 2 rings (SSSR count). The molecule has 1 atom stereocenters. The summed E-state index contributed by atoms with van der Waals surface area (Å²) in [5.41, 5.74) is 1.32. The van der Waals surface area contributed by atoms with Crippen molar-refractivity contribution < 1.29 is 0 Å². The predicted molar refractivity (Wildman–Crippen MR) is 79.5 cm³/mol. The highest BCUT2D eigenvalue weighted by molar-refractivity contribution is 5.47. The van der Waals surface area contributed by atoms with Crippen molar-refractivity contribution in [3.63, 3.8) is 0 Å². The molecule has 0 amide bonds. The van der Waals surface area contributed by atoms with Gasteiger partial charge in [0.1, 0.15) is 17.5 Å². The van der Waals surface area contributed by atoms with Gasteiger partial charge in [-0.15, -0.1) is 0 Å². The van der Waals surface area contributed by atoms with E-state index >= 15 is 0 Å². The van der Waals surface area contributed by atoms with Gasteiger partial charge < -0.3 is 10.6 Å². The van der Waals surface area contributed by atoms with E-state index in [-0.39, 0.29) is 0 Å². The van der Waals surface area contributed by atoms with E-state index in [0.717, 1.165) is 23.9 Å². The van der Waals surface area contributed by atoms with Gasteiger partial charge in [-0.2, -0.15) is 0 Å². The van der Waals surface area contributed by atoms with Crippen molar-refractivity contribution in [1.29, 1.82) is 0 Å². The van der Waals surface area contributed by atoms with E-state index in [1.165, 1.54) is 5.56 Å². The number of hydrogen-bond donors (Lipinski definition) is 2. The second-order valence-corrected chi connectivity index (χ2v) is 4.67. The Hall–Kier alpha value is -2.10. The fourth-order valence-electron chi connectivity index (χ4n) is 2.04. The predicted octanol–water partition coefficient (Wildman–Crippen LogP) is 2.87. The van der Waals surface area contributed by atoms with Gasteiger partial charge in [-0.1, -0.05) is 30.3 Å². The molecule has 4 nitrogen and oxygen atoms in total. The van der Waals surface area contributed by atoms with Crippen LogP contribution in [0.4, 0.5) is 11.6 Å². The number of aryl methyl sites for hydroxylation is 1. The molecule has 0 spiro atoms. The highest BCUT2D eigenvalue weighted by Crippen LogP contribution is 2.13. The molecule has 4 heteroatoms. The lowest BCUT2D eigenvalue weighted by Gasteiger charge is -2.15. The Labute approximate surface area is 114 Å². The summed E-state index contributed by atoms with van der Waals surface area (Å²) in [5, 5.41) is 6.45. The van der Waals surface area contributed by atoms with Crippen molar-refractivity contribution in [2.45, 2.75) is 26.3 Å². The highest BCUT2D eigenvalue weighted by atomic mass is 15.1. The Balaban J connectivity index is 2.02. The third kappa shape index (κ3) is 3.95. The van der Waals surface area contributed by atoms with Crippen LogP contribution in [0, 0.1) is 6.92 Å². The Bertz CT molecular complexity index is 525. The molecule has 0 radical (unpaired) electrons. The number of aromatic nitrogens is 2. The number of rotatable bonds is 5. The molecule has 0 saturated heterocycles. The lowest BCUT2D eigenvalue weighted by molar-refractivity contribution is 0.782. The molecule has 0 saturated carbocycles. The topological polar surface area (TPSA) is 49.8 Å². The van der Waals surface area contributed by atoms with Gasteiger partial charge in [0.2, 0.25) is 0 Å². The average molecular weight is 256 g/mol. The highest BCUT2D eigenvalue weighted by Gasteiger charge is 2.06. The monoisotopic (exact) mass is 256 g/mol. The van der Waals surface area contributed by atoms with Crippen LogP contribution in [0.3, 0.4) is 0 Å². The van der Waals surface area contributed by atoms with Crippen LogP contribution >= 0.6 is 0 Å². The molecule has 1 aromatic carbocycles. The summed E-state index contributed by atoms with van der Waals surface area (Å²) >= 11 is 0. The first-order chi connectivity index (χ1) is 9.17. The molecule has 2 N–H and O–H groups in total. The molecule has 1 unspecified atom stereocenters. The first kappa shape index (κ1) is 13.3. The molecule has 0 fully saturated rings. The fourth-order valence-corrected chi connectivity index (χ4v) is 2.04. The molecule has 19 heavy (non-hydrogen) atoms. The minimum absolute atomic E-state index is 0.321. The third-order valence-electron chi connectivity index (χ3n) is 2.87. The van der Waals surface area contributed by atoms with E-state index in [1.807, 2.05) is 26.1 Å². The van der Waals surface area contributed by atoms with Crippen molar-refractivity contribution in [3.05, 3.63) is 47.8 Å². The maximum absolute atomic E-state index is 4.40. The normalized spacial score (nSPS) is 11.9. The van der Waals surface area contributed by atoms with Crippen molar-refractivity contribution in [2.75, 3.05) is 17.7 Å². The van der Waals surface area contributed by atoms with Gasteiger partial charge in [0.25, 0.3) is 0 Å². The summed E-state index contributed by atoms with van der Waals surface area (Å²) in [6.45, 7) is 4.05. The summed E-state index contributed by atoms with van der Waals surface area (Å²) in [7, 11) is 1.86. The zero-order valence-corrected chi connectivity index (χ0v) is 11.6. The Morgan fingerprint density at radius 1 is 1.11 bits per heavy atom. The first-order valence-corrected chi connectivity index (χ1v) is 6.51. The number of nitrogens with zero attached hydrogens (tertiary/aromatic N) is 2. The molecule has 100 valence electrons. The number of anilines is 2. The van der Waals surface area contributed by atoms with Gasteiger partial charge in [-0.05, 0) is 25.8 Å².